The maximum absolute atomic E-state index is 13.0. The predicted octanol–water partition coefficient (Wildman–Crippen LogP) is 2.99. The van der Waals surface area contributed by atoms with Crippen molar-refractivity contribution in [2.45, 2.75) is 32.4 Å². The van der Waals surface area contributed by atoms with Crippen LogP contribution in [-0.2, 0) is 20.9 Å². The number of hydrogen-bond donors (Lipinski definition) is 1. The summed E-state index contributed by atoms with van der Waals surface area (Å²) < 4.78 is 18.3. The smallest absolute Gasteiger partial charge is 0.309 e. The van der Waals surface area contributed by atoms with E-state index in [1.54, 1.807) is 23.2 Å². The molecule has 0 unspecified atom stereocenters. The van der Waals surface area contributed by atoms with E-state index in [-0.39, 0.29) is 17.7 Å². The lowest BCUT2D eigenvalue weighted by molar-refractivity contribution is -0.160. The Bertz CT molecular complexity index is 846. The summed E-state index contributed by atoms with van der Waals surface area (Å²) in [5, 5.41) is 4.68. The third-order valence-corrected chi connectivity index (χ3v) is 5.76. The zero-order valence-corrected chi connectivity index (χ0v) is 16.9. The zero-order valence-electron chi connectivity index (χ0n) is 16.1. The van der Waals surface area contributed by atoms with Gasteiger partial charge in [-0.3, -0.25) is 14.4 Å². The third kappa shape index (κ3) is 5.63. The average Bonchev–Trinajstić information content (AvgIpc) is 3.25. The number of esters is 1. The summed E-state index contributed by atoms with van der Waals surface area (Å²) in [6, 6.07) is 9.24. The van der Waals surface area contributed by atoms with Crippen LogP contribution in [-0.4, -0.2) is 41.9 Å². The van der Waals surface area contributed by atoms with Crippen LogP contribution in [0.5, 0.6) is 0 Å². The molecule has 1 fully saturated rings. The van der Waals surface area contributed by atoms with E-state index in [9.17, 15) is 18.8 Å². The first kappa shape index (κ1) is 21.0. The van der Waals surface area contributed by atoms with E-state index >= 15 is 0 Å². The van der Waals surface area contributed by atoms with E-state index in [2.05, 4.69) is 5.32 Å². The van der Waals surface area contributed by atoms with Crippen LogP contribution in [0.1, 0.15) is 35.0 Å². The van der Waals surface area contributed by atoms with Gasteiger partial charge in [-0.2, -0.15) is 0 Å². The molecule has 1 aromatic carbocycles. The van der Waals surface area contributed by atoms with Gasteiger partial charge in [-0.15, -0.1) is 11.3 Å². The van der Waals surface area contributed by atoms with Crippen molar-refractivity contribution in [3.8, 4) is 0 Å². The number of ether oxygens (including phenoxy) is 1. The largest absolute Gasteiger partial charge is 0.452 e. The second kappa shape index (κ2) is 9.65. The van der Waals surface area contributed by atoms with E-state index < -0.39 is 17.9 Å². The van der Waals surface area contributed by atoms with Crippen LogP contribution in [0.15, 0.2) is 41.8 Å². The van der Waals surface area contributed by atoms with E-state index in [0.29, 0.717) is 38.0 Å². The van der Waals surface area contributed by atoms with Gasteiger partial charge in [0.15, 0.2) is 6.10 Å². The lowest BCUT2D eigenvalue weighted by Gasteiger charge is -2.31. The second-order valence-electron chi connectivity index (χ2n) is 6.95. The molecule has 1 aliphatic rings. The Morgan fingerprint density at radius 3 is 2.52 bits per heavy atom. The second-order valence-corrected chi connectivity index (χ2v) is 7.98. The molecule has 2 heterocycles. The highest BCUT2D eigenvalue weighted by atomic mass is 32.1. The van der Waals surface area contributed by atoms with E-state index in [1.807, 2.05) is 17.5 Å². The Kier molecular flexibility index (Phi) is 6.98. The molecule has 154 valence electrons. The SMILES string of the molecule is C[C@H](OC(=O)C1CCN(C(=O)c2ccc(F)cc2)CC1)C(=O)NCc1cccs1. The molecule has 2 amide bonds. The van der Waals surface area contributed by atoms with Gasteiger partial charge in [0.05, 0.1) is 12.5 Å². The van der Waals surface area contributed by atoms with Crippen molar-refractivity contribution >= 4 is 29.1 Å². The van der Waals surface area contributed by atoms with Gasteiger partial charge < -0.3 is 15.0 Å². The van der Waals surface area contributed by atoms with Crippen molar-refractivity contribution < 1.29 is 23.5 Å². The summed E-state index contributed by atoms with van der Waals surface area (Å²) in [6.45, 7) is 2.78. The normalized spacial score (nSPS) is 15.6. The first-order chi connectivity index (χ1) is 13.9. The summed E-state index contributed by atoms with van der Waals surface area (Å²) in [4.78, 5) is 39.6. The first-order valence-corrected chi connectivity index (χ1v) is 10.4. The number of likely N-dealkylation sites (tertiary alicyclic amines) is 1. The number of halogens is 1. The fourth-order valence-electron chi connectivity index (χ4n) is 3.15. The molecular formula is C21H23FN2O4S. The molecule has 1 N–H and O–H groups in total. The number of amides is 2. The summed E-state index contributed by atoms with van der Waals surface area (Å²) >= 11 is 1.54. The Labute approximate surface area is 172 Å². The maximum Gasteiger partial charge on any atom is 0.309 e. The van der Waals surface area contributed by atoms with E-state index in [1.165, 1.54) is 24.3 Å². The third-order valence-electron chi connectivity index (χ3n) is 4.89. The monoisotopic (exact) mass is 418 g/mol. The van der Waals surface area contributed by atoms with Gasteiger partial charge in [-0.25, -0.2) is 4.39 Å². The van der Waals surface area contributed by atoms with Crippen molar-refractivity contribution in [2.24, 2.45) is 5.92 Å². The predicted molar refractivity (Wildman–Crippen MR) is 107 cm³/mol. The summed E-state index contributed by atoms with van der Waals surface area (Å²) in [6.07, 6.45) is 0.0614. The highest BCUT2D eigenvalue weighted by molar-refractivity contribution is 7.09. The maximum atomic E-state index is 13.0. The fourth-order valence-corrected chi connectivity index (χ4v) is 3.79. The fraction of sp³-hybridized carbons (Fsp3) is 0.381. The molecule has 3 rings (SSSR count). The van der Waals surface area contributed by atoms with Crippen LogP contribution in [0.25, 0.3) is 0 Å². The number of carbonyl (C=O) groups excluding carboxylic acids is 3. The number of thiophene rings is 1. The Morgan fingerprint density at radius 1 is 1.21 bits per heavy atom. The summed E-state index contributed by atoms with van der Waals surface area (Å²) in [7, 11) is 0. The van der Waals surface area contributed by atoms with Crippen LogP contribution in [0.4, 0.5) is 4.39 Å². The minimum atomic E-state index is -0.874. The van der Waals surface area contributed by atoms with Crippen molar-refractivity contribution in [3.63, 3.8) is 0 Å². The number of hydrogen-bond acceptors (Lipinski definition) is 5. The topological polar surface area (TPSA) is 75.7 Å². The van der Waals surface area contributed by atoms with Crippen LogP contribution in [0, 0.1) is 11.7 Å². The number of nitrogens with zero attached hydrogens (tertiary/aromatic N) is 1. The van der Waals surface area contributed by atoms with Crippen LogP contribution >= 0.6 is 11.3 Å². The van der Waals surface area contributed by atoms with Gasteiger partial charge in [0.25, 0.3) is 11.8 Å². The number of nitrogens with one attached hydrogen (secondary N) is 1. The lowest BCUT2D eigenvalue weighted by Crippen LogP contribution is -2.42. The summed E-state index contributed by atoms with van der Waals surface area (Å²) in [5.74, 6) is -1.68. The number of carbonyl (C=O) groups is 3. The Balaban J connectivity index is 1.43. The number of benzene rings is 1. The van der Waals surface area contributed by atoms with Crippen LogP contribution in [0.2, 0.25) is 0 Å². The van der Waals surface area contributed by atoms with Gasteiger partial charge in [-0.1, -0.05) is 6.07 Å². The van der Waals surface area contributed by atoms with Crippen molar-refractivity contribution in [2.75, 3.05) is 13.1 Å². The zero-order chi connectivity index (χ0) is 20.8. The molecule has 6 nitrogen and oxygen atoms in total. The van der Waals surface area contributed by atoms with Crippen LogP contribution in [0.3, 0.4) is 0 Å². The number of rotatable bonds is 6. The Morgan fingerprint density at radius 2 is 1.90 bits per heavy atom. The van der Waals surface area contributed by atoms with Gasteiger partial charge in [-0.05, 0) is 55.5 Å². The summed E-state index contributed by atoms with van der Waals surface area (Å²) in [5.41, 5.74) is 0.420. The van der Waals surface area contributed by atoms with Gasteiger partial charge in [0.1, 0.15) is 5.82 Å². The molecule has 0 aliphatic carbocycles. The number of piperidine rings is 1. The van der Waals surface area contributed by atoms with Gasteiger partial charge in [0, 0.05) is 23.5 Å². The molecule has 1 aliphatic heterocycles. The molecule has 0 saturated carbocycles. The van der Waals surface area contributed by atoms with Gasteiger partial charge >= 0.3 is 5.97 Å². The minimum absolute atomic E-state index is 0.182. The van der Waals surface area contributed by atoms with Crippen LogP contribution < -0.4 is 5.32 Å². The molecule has 0 spiro atoms. The van der Waals surface area contributed by atoms with E-state index in [0.717, 1.165) is 4.88 Å². The first-order valence-electron chi connectivity index (χ1n) is 9.49. The van der Waals surface area contributed by atoms with E-state index in [4.69, 9.17) is 4.74 Å². The van der Waals surface area contributed by atoms with Crippen molar-refractivity contribution in [1.82, 2.24) is 10.2 Å². The average molecular weight is 418 g/mol. The highest BCUT2D eigenvalue weighted by Gasteiger charge is 2.30. The molecule has 1 saturated heterocycles. The molecule has 0 bridgehead atoms. The molecule has 1 atom stereocenters. The van der Waals surface area contributed by atoms with Crippen molar-refractivity contribution in [3.05, 3.63) is 58.0 Å². The molecule has 29 heavy (non-hydrogen) atoms. The molecule has 1 aromatic heterocycles. The molecular weight excluding hydrogens is 395 g/mol. The molecule has 0 radical (unpaired) electrons. The minimum Gasteiger partial charge on any atom is -0.452 e. The standard InChI is InChI=1S/C21H23FN2O4S/c1-14(19(25)23-13-18-3-2-12-29-18)28-21(27)16-8-10-24(11-9-16)20(26)15-4-6-17(22)7-5-15/h2-7,12,14,16H,8-11,13H2,1H3,(H,23,25)/t14-/m0/s1. The Hall–Kier alpha value is -2.74. The molecule has 2 aromatic rings. The highest BCUT2D eigenvalue weighted by Crippen LogP contribution is 2.21. The molecule has 8 heteroatoms. The lowest BCUT2D eigenvalue weighted by atomic mass is 9.96. The van der Waals surface area contributed by atoms with Crippen molar-refractivity contribution in [1.29, 1.82) is 0 Å². The van der Waals surface area contributed by atoms with Gasteiger partial charge in [0.2, 0.25) is 0 Å². The quantitative estimate of drug-likeness (QED) is 0.732.